The van der Waals surface area contributed by atoms with Crippen molar-refractivity contribution in [1.29, 1.82) is 0 Å². The number of hydrogen-bond donors (Lipinski definition) is 0. The van der Waals surface area contributed by atoms with Crippen LogP contribution in [0.15, 0.2) is 71.6 Å². The third kappa shape index (κ3) is 5.15. The van der Waals surface area contributed by atoms with Crippen LogP contribution in [-0.2, 0) is 17.9 Å². The lowest BCUT2D eigenvalue weighted by Gasteiger charge is -2.14. The summed E-state index contributed by atoms with van der Waals surface area (Å²) in [6.07, 6.45) is 1.61. The molecule has 162 valence electrons. The number of imide groups is 1. The molecule has 1 saturated heterocycles. The molecule has 3 aromatic carbocycles. The average Bonchev–Trinajstić information content (AvgIpc) is 3.03. The maximum atomic E-state index is 14.1. The van der Waals surface area contributed by atoms with E-state index in [-0.39, 0.29) is 22.0 Å². The molecule has 32 heavy (non-hydrogen) atoms. The number of hydrogen-bond acceptors (Lipinski definition) is 4. The summed E-state index contributed by atoms with van der Waals surface area (Å²) in [4.78, 5) is 26.4. The Hall–Kier alpha value is -2.80. The van der Waals surface area contributed by atoms with Crippen molar-refractivity contribution < 1.29 is 18.7 Å². The first-order valence-corrected chi connectivity index (χ1v) is 11.1. The van der Waals surface area contributed by atoms with Crippen LogP contribution >= 0.6 is 35.0 Å². The van der Waals surface area contributed by atoms with Crippen LogP contribution in [-0.4, -0.2) is 16.0 Å². The fraction of sp³-hybridized carbons (Fsp3) is 0.0833. The van der Waals surface area contributed by atoms with Gasteiger partial charge in [-0.1, -0.05) is 53.5 Å². The number of nitrogens with zero attached hydrogens (tertiary/aromatic N) is 1. The average molecular weight is 488 g/mol. The number of carbonyl (C=O) groups excluding carboxylic acids is 2. The zero-order valence-electron chi connectivity index (χ0n) is 16.6. The van der Waals surface area contributed by atoms with Crippen LogP contribution < -0.4 is 4.74 Å². The predicted molar refractivity (Wildman–Crippen MR) is 125 cm³/mol. The van der Waals surface area contributed by atoms with E-state index >= 15 is 0 Å². The summed E-state index contributed by atoms with van der Waals surface area (Å²) in [5.41, 5.74) is 1.77. The van der Waals surface area contributed by atoms with E-state index in [2.05, 4.69) is 0 Å². The van der Waals surface area contributed by atoms with Gasteiger partial charge in [0, 0.05) is 15.6 Å². The molecule has 3 aromatic rings. The molecule has 0 aromatic heterocycles. The summed E-state index contributed by atoms with van der Waals surface area (Å²) in [6, 6.07) is 18.8. The van der Waals surface area contributed by atoms with Crippen LogP contribution in [0.4, 0.5) is 9.18 Å². The predicted octanol–water partition coefficient (Wildman–Crippen LogP) is 6.95. The molecule has 0 spiro atoms. The Morgan fingerprint density at radius 3 is 2.50 bits per heavy atom. The number of benzene rings is 3. The second kappa shape index (κ2) is 9.77. The fourth-order valence-corrected chi connectivity index (χ4v) is 4.26. The lowest BCUT2D eigenvalue weighted by atomic mass is 10.1. The molecule has 0 bridgehead atoms. The highest BCUT2D eigenvalue weighted by Gasteiger charge is 2.35. The lowest BCUT2D eigenvalue weighted by molar-refractivity contribution is -0.123. The number of carbonyl (C=O) groups is 2. The number of ether oxygens (including phenoxy) is 1. The molecule has 1 fully saturated rings. The van der Waals surface area contributed by atoms with E-state index in [1.54, 1.807) is 42.5 Å². The summed E-state index contributed by atoms with van der Waals surface area (Å²) in [6.45, 7) is 0.137. The van der Waals surface area contributed by atoms with Crippen LogP contribution in [0.1, 0.15) is 16.7 Å². The largest absolute Gasteiger partial charge is 0.489 e. The molecule has 0 aliphatic carbocycles. The quantitative estimate of drug-likeness (QED) is 0.353. The van der Waals surface area contributed by atoms with Gasteiger partial charge >= 0.3 is 0 Å². The van der Waals surface area contributed by atoms with Crippen molar-refractivity contribution in [2.24, 2.45) is 0 Å². The van der Waals surface area contributed by atoms with E-state index < -0.39 is 17.0 Å². The van der Waals surface area contributed by atoms with Gasteiger partial charge in [0.15, 0.2) is 0 Å². The molecule has 0 N–H and O–H groups in total. The highest BCUT2D eigenvalue weighted by atomic mass is 35.5. The molecule has 0 atom stereocenters. The van der Waals surface area contributed by atoms with Gasteiger partial charge in [0.1, 0.15) is 18.2 Å². The minimum Gasteiger partial charge on any atom is -0.489 e. The Balaban J connectivity index is 1.48. The molecular weight excluding hydrogens is 472 g/mol. The molecule has 4 nitrogen and oxygen atoms in total. The van der Waals surface area contributed by atoms with E-state index in [1.165, 1.54) is 18.2 Å². The van der Waals surface area contributed by atoms with Crippen LogP contribution in [0.25, 0.3) is 6.08 Å². The van der Waals surface area contributed by atoms with Crippen molar-refractivity contribution in [3.05, 3.63) is 104 Å². The Labute approximate surface area is 198 Å². The Kier molecular flexibility index (Phi) is 6.84. The maximum Gasteiger partial charge on any atom is 0.293 e. The summed E-state index contributed by atoms with van der Waals surface area (Å²) in [5, 5.41) is 0.344. The van der Waals surface area contributed by atoms with Gasteiger partial charge < -0.3 is 4.74 Å². The summed E-state index contributed by atoms with van der Waals surface area (Å²) >= 11 is 12.7. The van der Waals surface area contributed by atoms with E-state index in [9.17, 15) is 14.0 Å². The fourth-order valence-electron chi connectivity index (χ4n) is 3.07. The Morgan fingerprint density at radius 2 is 1.75 bits per heavy atom. The Morgan fingerprint density at radius 1 is 1.00 bits per heavy atom. The number of thioether (sulfide) groups is 1. The smallest absolute Gasteiger partial charge is 0.293 e. The van der Waals surface area contributed by atoms with Gasteiger partial charge in [-0.25, -0.2) is 4.39 Å². The number of amides is 2. The van der Waals surface area contributed by atoms with Crippen LogP contribution in [0.2, 0.25) is 10.0 Å². The summed E-state index contributed by atoms with van der Waals surface area (Å²) < 4.78 is 19.9. The van der Waals surface area contributed by atoms with Gasteiger partial charge in [0.25, 0.3) is 11.1 Å². The lowest BCUT2D eigenvalue weighted by Crippen LogP contribution is -2.28. The molecule has 8 heteroatoms. The third-order valence-corrected chi connectivity index (χ3v) is 6.24. The van der Waals surface area contributed by atoms with Gasteiger partial charge in [0.2, 0.25) is 0 Å². The molecule has 0 radical (unpaired) electrons. The van der Waals surface area contributed by atoms with Gasteiger partial charge in [-0.05, 0) is 65.4 Å². The van der Waals surface area contributed by atoms with Crippen LogP contribution in [0.3, 0.4) is 0 Å². The number of halogens is 3. The first kappa shape index (κ1) is 22.4. The van der Waals surface area contributed by atoms with Gasteiger partial charge in [-0.15, -0.1) is 0 Å². The second-order valence-corrected chi connectivity index (χ2v) is 8.79. The Bertz CT molecular complexity index is 1190. The van der Waals surface area contributed by atoms with E-state index in [0.29, 0.717) is 22.9 Å². The molecule has 1 heterocycles. The molecular formula is C24H16Cl2FNO3S. The second-order valence-electron chi connectivity index (χ2n) is 6.96. The first-order chi connectivity index (χ1) is 15.4. The first-order valence-electron chi connectivity index (χ1n) is 9.56. The van der Waals surface area contributed by atoms with Crippen LogP contribution in [0, 0.1) is 5.82 Å². The van der Waals surface area contributed by atoms with E-state index in [4.69, 9.17) is 27.9 Å². The van der Waals surface area contributed by atoms with Crippen molar-refractivity contribution in [3.63, 3.8) is 0 Å². The summed E-state index contributed by atoms with van der Waals surface area (Å²) in [5.74, 6) is -0.441. The SMILES string of the molecule is O=C1S/C(=C/c2cccc(OCc3ccc(Cl)cc3)c2)C(=O)N1Cc1c(F)cccc1Cl. The zero-order valence-corrected chi connectivity index (χ0v) is 18.9. The normalized spacial score (nSPS) is 15.0. The number of rotatable bonds is 6. The monoisotopic (exact) mass is 487 g/mol. The summed E-state index contributed by atoms with van der Waals surface area (Å²) in [7, 11) is 0. The van der Waals surface area contributed by atoms with Crippen molar-refractivity contribution >= 4 is 52.2 Å². The van der Waals surface area contributed by atoms with Crippen molar-refractivity contribution in [2.45, 2.75) is 13.2 Å². The molecule has 1 aliphatic rings. The van der Waals surface area contributed by atoms with Gasteiger partial charge in [0.05, 0.1) is 11.4 Å². The standard InChI is InChI=1S/C24H16Cl2FNO3S/c25-17-9-7-15(8-10-17)14-31-18-4-1-3-16(11-18)12-22-23(29)28(24(30)32-22)13-19-20(26)5-2-6-21(19)27/h1-12H,13-14H2/b22-12+. The van der Waals surface area contributed by atoms with Crippen molar-refractivity contribution in [1.82, 2.24) is 4.90 Å². The van der Waals surface area contributed by atoms with Crippen molar-refractivity contribution in [3.8, 4) is 5.75 Å². The highest BCUT2D eigenvalue weighted by molar-refractivity contribution is 8.18. The maximum absolute atomic E-state index is 14.1. The van der Waals surface area contributed by atoms with E-state index in [1.807, 2.05) is 12.1 Å². The van der Waals surface area contributed by atoms with Gasteiger partial charge in [-0.2, -0.15) is 0 Å². The molecule has 0 saturated carbocycles. The third-order valence-electron chi connectivity index (χ3n) is 4.73. The van der Waals surface area contributed by atoms with Gasteiger partial charge in [-0.3, -0.25) is 14.5 Å². The minimum atomic E-state index is -0.564. The molecule has 2 amide bonds. The van der Waals surface area contributed by atoms with Crippen molar-refractivity contribution in [2.75, 3.05) is 0 Å². The van der Waals surface area contributed by atoms with E-state index in [0.717, 1.165) is 22.2 Å². The topological polar surface area (TPSA) is 46.6 Å². The highest BCUT2D eigenvalue weighted by Crippen LogP contribution is 2.35. The molecule has 4 rings (SSSR count). The minimum absolute atomic E-state index is 0.107. The van der Waals surface area contributed by atoms with Crippen LogP contribution in [0.5, 0.6) is 5.75 Å². The molecule has 1 aliphatic heterocycles. The zero-order chi connectivity index (χ0) is 22.7. The molecule has 0 unspecified atom stereocenters.